The van der Waals surface area contributed by atoms with Gasteiger partial charge < -0.3 is 15.8 Å². The molecule has 1 rings (SSSR count). The fraction of sp³-hybridized carbons (Fsp3) is 0.706. The van der Waals surface area contributed by atoms with Crippen LogP contribution in [0.1, 0.15) is 61.8 Å². The molecule has 0 aliphatic rings. The molecule has 0 spiro atoms. The molecule has 0 unspecified atom stereocenters. The number of nitrogens with one attached hydrogen (secondary N) is 1. The van der Waals surface area contributed by atoms with Gasteiger partial charge in [0.1, 0.15) is 11.4 Å². The number of hydrogen-bond acceptors (Lipinski definition) is 4. The van der Waals surface area contributed by atoms with Gasteiger partial charge in [0.05, 0.1) is 5.69 Å². The highest BCUT2D eigenvalue weighted by Gasteiger charge is 2.26. The van der Waals surface area contributed by atoms with E-state index in [1.54, 1.807) is 0 Å². The fourth-order valence-electron chi connectivity index (χ4n) is 2.61. The molecule has 0 aromatic carbocycles. The minimum absolute atomic E-state index is 0.0552. The number of pyridine rings is 1. The lowest BCUT2D eigenvalue weighted by Gasteiger charge is -2.34. The van der Waals surface area contributed by atoms with E-state index in [0.717, 1.165) is 12.2 Å². The predicted molar refractivity (Wildman–Crippen MR) is 90.8 cm³/mol. The first-order valence-corrected chi connectivity index (χ1v) is 7.51. The van der Waals surface area contributed by atoms with E-state index in [9.17, 15) is 0 Å². The van der Waals surface area contributed by atoms with Crippen molar-refractivity contribution in [1.82, 2.24) is 4.98 Å². The van der Waals surface area contributed by atoms with E-state index < -0.39 is 0 Å². The van der Waals surface area contributed by atoms with Crippen molar-refractivity contribution in [1.29, 1.82) is 0 Å². The van der Waals surface area contributed by atoms with Crippen molar-refractivity contribution in [2.45, 2.75) is 73.0 Å². The highest BCUT2D eigenvalue weighted by molar-refractivity contribution is 5.54. The maximum atomic E-state index is 5.95. The minimum Gasteiger partial charge on any atom is -0.470 e. The zero-order valence-corrected chi connectivity index (χ0v) is 14.8. The topological polar surface area (TPSA) is 60.2 Å². The Morgan fingerprint density at radius 3 is 2.10 bits per heavy atom. The third kappa shape index (κ3) is 6.69. The van der Waals surface area contributed by atoms with E-state index in [-0.39, 0.29) is 16.6 Å². The summed E-state index contributed by atoms with van der Waals surface area (Å²) in [6.45, 7) is 17.0. The molecule has 0 atom stereocenters. The van der Waals surface area contributed by atoms with Gasteiger partial charge >= 0.3 is 0 Å². The second-order valence-corrected chi connectivity index (χ2v) is 8.55. The predicted octanol–water partition coefficient (Wildman–Crippen LogP) is 4.47. The molecule has 0 amide bonds. The lowest BCUT2D eigenvalue weighted by Crippen LogP contribution is -2.35. The second-order valence-electron chi connectivity index (χ2n) is 8.55. The first-order valence-electron chi connectivity index (χ1n) is 7.51. The summed E-state index contributed by atoms with van der Waals surface area (Å²) < 4.78 is 5.81. The standard InChI is InChI=1S/C17H31N3O/c1-15(2,3)11-17(7,8)20-13-10-9-12(18)14(19-13)21-16(4,5)6/h9-10H,11,18H2,1-8H3,(H,19,20). The fourth-order valence-corrected chi connectivity index (χ4v) is 2.61. The average Bonchev–Trinajstić information content (AvgIpc) is 2.16. The normalized spacial score (nSPS) is 13.1. The van der Waals surface area contributed by atoms with Crippen LogP contribution >= 0.6 is 0 Å². The molecule has 0 bridgehead atoms. The van der Waals surface area contributed by atoms with Crippen molar-refractivity contribution >= 4 is 11.5 Å². The number of ether oxygens (including phenoxy) is 1. The van der Waals surface area contributed by atoms with Crippen LogP contribution in [0.3, 0.4) is 0 Å². The molecule has 1 heterocycles. The third-order valence-corrected chi connectivity index (χ3v) is 2.73. The highest BCUT2D eigenvalue weighted by atomic mass is 16.5. The Hall–Kier alpha value is -1.45. The van der Waals surface area contributed by atoms with Crippen LogP contribution in [-0.4, -0.2) is 16.1 Å². The quantitative estimate of drug-likeness (QED) is 0.860. The van der Waals surface area contributed by atoms with Gasteiger partial charge in [-0.3, -0.25) is 0 Å². The Kier molecular flexibility index (Phi) is 4.81. The summed E-state index contributed by atoms with van der Waals surface area (Å²) in [4.78, 5) is 4.51. The molecule has 3 N–H and O–H groups in total. The van der Waals surface area contributed by atoms with Gasteiger partial charge in [-0.25, -0.2) is 0 Å². The van der Waals surface area contributed by atoms with Crippen molar-refractivity contribution in [2.24, 2.45) is 5.41 Å². The summed E-state index contributed by atoms with van der Waals surface area (Å²) in [6.07, 6.45) is 1.03. The summed E-state index contributed by atoms with van der Waals surface area (Å²) in [6, 6.07) is 3.73. The molecule has 0 saturated carbocycles. The Labute approximate surface area is 129 Å². The number of aromatic nitrogens is 1. The number of rotatable bonds is 4. The van der Waals surface area contributed by atoms with E-state index in [4.69, 9.17) is 10.5 Å². The first kappa shape index (κ1) is 17.6. The molecule has 0 saturated heterocycles. The minimum atomic E-state index is -0.319. The van der Waals surface area contributed by atoms with Gasteiger partial charge in [-0.1, -0.05) is 20.8 Å². The Morgan fingerprint density at radius 2 is 1.62 bits per heavy atom. The van der Waals surface area contributed by atoms with Gasteiger partial charge in [-0.05, 0) is 58.6 Å². The van der Waals surface area contributed by atoms with Crippen LogP contribution in [0.25, 0.3) is 0 Å². The van der Waals surface area contributed by atoms with Crippen molar-refractivity contribution in [3.63, 3.8) is 0 Å². The van der Waals surface area contributed by atoms with Crippen LogP contribution in [0.5, 0.6) is 5.88 Å². The number of anilines is 2. The second kappa shape index (κ2) is 5.74. The van der Waals surface area contributed by atoms with Crippen LogP contribution < -0.4 is 15.8 Å². The number of nitrogen functional groups attached to an aromatic ring is 1. The lowest BCUT2D eigenvalue weighted by molar-refractivity contribution is 0.125. The Bertz CT molecular complexity index is 482. The van der Waals surface area contributed by atoms with Crippen molar-refractivity contribution in [3.8, 4) is 5.88 Å². The Balaban J connectivity index is 2.92. The van der Waals surface area contributed by atoms with Crippen molar-refractivity contribution < 1.29 is 4.74 Å². The molecule has 0 fully saturated rings. The van der Waals surface area contributed by atoms with Crippen LogP contribution in [0.4, 0.5) is 11.5 Å². The summed E-state index contributed by atoms with van der Waals surface area (Å²) in [5.74, 6) is 1.27. The van der Waals surface area contributed by atoms with E-state index in [1.807, 2.05) is 32.9 Å². The highest BCUT2D eigenvalue weighted by Crippen LogP contribution is 2.31. The van der Waals surface area contributed by atoms with Crippen LogP contribution in [0.2, 0.25) is 0 Å². The lowest BCUT2D eigenvalue weighted by atomic mass is 9.82. The average molecular weight is 293 g/mol. The van der Waals surface area contributed by atoms with Crippen LogP contribution in [-0.2, 0) is 0 Å². The molecule has 4 heteroatoms. The number of nitrogens with two attached hydrogens (primary N) is 1. The zero-order chi connectivity index (χ0) is 16.5. The van der Waals surface area contributed by atoms with Crippen LogP contribution in [0.15, 0.2) is 12.1 Å². The van der Waals surface area contributed by atoms with E-state index in [2.05, 4.69) is 44.9 Å². The van der Waals surface area contributed by atoms with Gasteiger partial charge in [-0.15, -0.1) is 0 Å². The van der Waals surface area contributed by atoms with E-state index >= 15 is 0 Å². The smallest absolute Gasteiger partial charge is 0.239 e. The Morgan fingerprint density at radius 1 is 1.05 bits per heavy atom. The SMILES string of the molecule is CC(C)(C)CC(C)(C)Nc1ccc(N)c(OC(C)(C)C)n1. The summed E-state index contributed by atoms with van der Waals surface area (Å²) in [5, 5.41) is 3.48. The number of nitrogens with zero attached hydrogens (tertiary/aromatic N) is 1. The molecule has 0 aliphatic carbocycles. The monoisotopic (exact) mass is 293 g/mol. The molecule has 21 heavy (non-hydrogen) atoms. The molecule has 1 aromatic heterocycles. The zero-order valence-electron chi connectivity index (χ0n) is 14.8. The molecular formula is C17H31N3O. The maximum Gasteiger partial charge on any atom is 0.239 e. The third-order valence-electron chi connectivity index (χ3n) is 2.73. The van der Waals surface area contributed by atoms with Gasteiger partial charge in [-0.2, -0.15) is 4.98 Å². The van der Waals surface area contributed by atoms with E-state index in [0.29, 0.717) is 11.6 Å². The summed E-state index contributed by atoms with van der Waals surface area (Å²) in [5.41, 5.74) is 6.38. The molecule has 0 radical (unpaired) electrons. The van der Waals surface area contributed by atoms with Crippen molar-refractivity contribution in [2.75, 3.05) is 11.1 Å². The maximum absolute atomic E-state index is 5.95. The van der Waals surface area contributed by atoms with Gasteiger partial charge in [0.15, 0.2) is 0 Å². The van der Waals surface area contributed by atoms with Gasteiger partial charge in [0.25, 0.3) is 0 Å². The molecule has 1 aromatic rings. The van der Waals surface area contributed by atoms with Gasteiger partial charge in [0, 0.05) is 5.54 Å². The van der Waals surface area contributed by atoms with Crippen molar-refractivity contribution in [3.05, 3.63) is 12.1 Å². The molecular weight excluding hydrogens is 262 g/mol. The largest absolute Gasteiger partial charge is 0.470 e. The summed E-state index contributed by atoms with van der Waals surface area (Å²) >= 11 is 0. The summed E-state index contributed by atoms with van der Waals surface area (Å²) in [7, 11) is 0. The number of hydrogen-bond donors (Lipinski definition) is 2. The molecule has 120 valence electrons. The first-order chi connectivity index (χ1) is 9.27. The van der Waals surface area contributed by atoms with E-state index in [1.165, 1.54) is 0 Å². The van der Waals surface area contributed by atoms with Gasteiger partial charge in [0.2, 0.25) is 5.88 Å². The van der Waals surface area contributed by atoms with Crippen LogP contribution in [0, 0.1) is 5.41 Å². The molecule has 4 nitrogen and oxygen atoms in total. The molecule has 0 aliphatic heterocycles.